The summed E-state index contributed by atoms with van der Waals surface area (Å²) in [6.45, 7) is 4.12. The largest absolute Gasteiger partial charge is 0.382 e. The van der Waals surface area contributed by atoms with E-state index in [1.165, 1.54) is 12.1 Å². The van der Waals surface area contributed by atoms with Crippen LogP contribution < -0.4 is 16.6 Å². The van der Waals surface area contributed by atoms with Crippen LogP contribution in [0.5, 0.6) is 0 Å². The summed E-state index contributed by atoms with van der Waals surface area (Å²) in [7, 11) is 0. The number of nitro groups is 1. The van der Waals surface area contributed by atoms with Gasteiger partial charge in [-0.15, -0.1) is 0 Å². The van der Waals surface area contributed by atoms with Gasteiger partial charge in [-0.1, -0.05) is 20.3 Å². The average Bonchev–Trinajstić information content (AvgIpc) is 2.45. The summed E-state index contributed by atoms with van der Waals surface area (Å²) in [6.07, 6.45) is 2.86. The number of benzene rings is 1. The number of nitrogens with zero attached hydrogens (tertiary/aromatic N) is 1. The van der Waals surface area contributed by atoms with Crippen molar-refractivity contribution in [2.45, 2.75) is 39.2 Å². The number of nitrogens with one attached hydrogen (secondary N) is 2. The number of amides is 1. The van der Waals surface area contributed by atoms with E-state index in [1.807, 2.05) is 12.3 Å². The Kier molecular flexibility index (Phi) is 5.92. The Bertz CT molecular complexity index is 491. The molecule has 7 heteroatoms. The molecule has 1 aromatic carbocycles. The molecule has 1 unspecified atom stereocenters. The molecule has 7 nitrogen and oxygen atoms in total. The maximum Gasteiger partial charge on any atom is 0.270 e. The molecule has 1 aromatic rings. The minimum absolute atomic E-state index is 0.141. The first-order valence-corrected chi connectivity index (χ1v) is 6.59. The summed E-state index contributed by atoms with van der Waals surface area (Å²) in [5.41, 5.74) is 2.60. The summed E-state index contributed by atoms with van der Waals surface area (Å²) in [5, 5.41) is 14.0. The number of nitrogen functional groups attached to an aromatic ring is 1. The average molecular weight is 280 g/mol. The molecule has 0 saturated carbocycles. The summed E-state index contributed by atoms with van der Waals surface area (Å²) in [5.74, 6) is 4.57. The smallest absolute Gasteiger partial charge is 0.270 e. The Morgan fingerprint density at radius 2 is 2.15 bits per heavy atom. The standard InChI is InChI=1S/C13H20N4O3/c1-3-5-9(4-2)15-12-7-6-10(17(19)20)8-11(12)13(18)16-14/h6-9,15H,3-5,14H2,1-2H3,(H,16,18). The Labute approximate surface area is 117 Å². The zero-order valence-electron chi connectivity index (χ0n) is 11.7. The van der Waals surface area contributed by atoms with Crippen LogP contribution in [0.1, 0.15) is 43.5 Å². The second-order valence-corrected chi connectivity index (χ2v) is 4.50. The third-order valence-electron chi connectivity index (χ3n) is 3.08. The van der Waals surface area contributed by atoms with E-state index in [0.717, 1.165) is 19.3 Å². The van der Waals surface area contributed by atoms with Crippen LogP contribution in [0.4, 0.5) is 11.4 Å². The third-order valence-corrected chi connectivity index (χ3v) is 3.08. The molecule has 0 spiro atoms. The number of anilines is 1. The summed E-state index contributed by atoms with van der Waals surface area (Å²) in [6, 6.07) is 4.35. The van der Waals surface area contributed by atoms with Crippen molar-refractivity contribution in [1.29, 1.82) is 0 Å². The van der Waals surface area contributed by atoms with Gasteiger partial charge in [0.1, 0.15) is 0 Å². The molecule has 0 fully saturated rings. The van der Waals surface area contributed by atoms with Crippen molar-refractivity contribution in [2.24, 2.45) is 5.84 Å². The number of rotatable bonds is 7. The highest BCUT2D eigenvalue weighted by atomic mass is 16.6. The van der Waals surface area contributed by atoms with Crippen molar-refractivity contribution in [2.75, 3.05) is 5.32 Å². The number of non-ortho nitro benzene ring substituents is 1. The molecular weight excluding hydrogens is 260 g/mol. The molecule has 0 saturated heterocycles. The van der Waals surface area contributed by atoms with Crippen molar-refractivity contribution < 1.29 is 9.72 Å². The fraction of sp³-hybridized carbons (Fsp3) is 0.462. The number of hydrogen-bond donors (Lipinski definition) is 3. The van der Waals surface area contributed by atoms with E-state index < -0.39 is 10.8 Å². The Balaban J connectivity index is 3.11. The molecule has 4 N–H and O–H groups in total. The van der Waals surface area contributed by atoms with Gasteiger partial charge >= 0.3 is 0 Å². The van der Waals surface area contributed by atoms with Gasteiger partial charge in [-0.25, -0.2) is 5.84 Å². The van der Waals surface area contributed by atoms with Crippen LogP contribution in [0.3, 0.4) is 0 Å². The molecule has 0 aliphatic heterocycles. The van der Waals surface area contributed by atoms with E-state index in [1.54, 1.807) is 6.07 Å². The predicted molar refractivity (Wildman–Crippen MR) is 77.4 cm³/mol. The van der Waals surface area contributed by atoms with E-state index in [4.69, 9.17) is 5.84 Å². The molecule has 0 radical (unpaired) electrons. The lowest BCUT2D eigenvalue weighted by Gasteiger charge is -2.19. The van der Waals surface area contributed by atoms with Crippen molar-refractivity contribution in [3.05, 3.63) is 33.9 Å². The summed E-state index contributed by atoms with van der Waals surface area (Å²) >= 11 is 0. The van der Waals surface area contributed by atoms with Crippen LogP contribution >= 0.6 is 0 Å². The van der Waals surface area contributed by atoms with Gasteiger partial charge in [0.05, 0.1) is 10.5 Å². The molecule has 0 aliphatic carbocycles. The van der Waals surface area contributed by atoms with Crippen LogP contribution in [-0.2, 0) is 0 Å². The molecule has 1 rings (SSSR count). The van der Waals surface area contributed by atoms with Crippen LogP contribution in [0.25, 0.3) is 0 Å². The maximum atomic E-state index is 11.7. The lowest BCUT2D eigenvalue weighted by atomic mass is 10.1. The first-order chi connectivity index (χ1) is 9.53. The number of carbonyl (C=O) groups excluding carboxylic acids is 1. The van der Waals surface area contributed by atoms with Crippen molar-refractivity contribution in [3.63, 3.8) is 0 Å². The van der Waals surface area contributed by atoms with Gasteiger partial charge in [0.15, 0.2) is 0 Å². The fourth-order valence-corrected chi connectivity index (χ4v) is 1.98. The van der Waals surface area contributed by atoms with Gasteiger partial charge in [0, 0.05) is 23.9 Å². The SMILES string of the molecule is CCCC(CC)Nc1ccc([N+](=O)[O-])cc1C(=O)NN. The normalized spacial score (nSPS) is 11.8. The molecular formula is C13H20N4O3. The number of nitrogens with two attached hydrogens (primary N) is 1. The van der Waals surface area contributed by atoms with Gasteiger partial charge in [-0.2, -0.15) is 0 Å². The van der Waals surface area contributed by atoms with Crippen molar-refractivity contribution in [3.8, 4) is 0 Å². The lowest BCUT2D eigenvalue weighted by Crippen LogP contribution is -2.31. The van der Waals surface area contributed by atoms with Crippen LogP contribution in [-0.4, -0.2) is 16.9 Å². The Hall–Kier alpha value is -2.15. The van der Waals surface area contributed by atoms with Crippen LogP contribution in [0, 0.1) is 10.1 Å². The molecule has 110 valence electrons. The number of hydrogen-bond acceptors (Lipinski definition) is 5. The predicted octanol–water partition coefficient (Wildman–Crippen LogP) is 2.19. The van der Waals surface area contributed by atoms with E-state index >= 15 is 0 Å². The zero-order chi connectivity index (χ0) is 15.1. The first-order valence-electron chi connectivity index (χ1n) is 6.59. The number of hydrazine groups is 1. The minimum atomic E-state index is -0.553. The van der Waals surface area contributed by atoms with E-state index in [9.17, 15) is 14.9 Å². The van der Waals surface area contributed by atoms with Crippen molar-refractivity contribution in [1.82, 2.24) is 5.43 Å². The van der Waals surface area contributed by atoms with Gasteiger partial charge in [0.2, 0.25) is 0 Å². The number of nitro benzene ring substituents is 1. The molecule has 1 atom stereocenters. The zero-order valence-corrected chi connectivity index (χ0v) is 11.7. The molecule has 0 aromatic heterocycles. The highest BCUT2D eigenvalue weighted by Gasteiger charge is 2.17. The monoisotopic (exact) mass is 280 g/mol. The van der Waals surface area contributed by atoms with E-state index in [2.05, 4.69) is 12.2 Å². The van der Waals surface area contributed by atoms with Gasteiger partial charge in [-0.3, -0.25) is 20.3 Å². The molecule has 20 heavy (non-hydrogen) atoms. The Morgan fingerprint density at radius 1 is 1.45 bits per heavy atom. The van der Waals surface area contributed by atoms with E-state index in [0.29, 0.717) is 5.69 Å². The molecule has 0 heterocycles. The fourth-order valence-electron chi connectivity index (χ4n) is 1.98. The molecule has 0 aliphatic rings. The minimum Gasteiger partial charge on any atom is -0.382 e. The second-order valence-electron chi connectivity index (χ2n) is 4.50. The van der Waals surface area contributed by atoms with Crippen LogP contribution in [0.15, 0.2) is 18.2 Å². The molecule has 1 amide bonds. The van der Waals surface area contributed by atoms with Crippen molar-refractivity contribution >= 4 is 17.3 Å². The van der Waals surface area contributed by atoms with Gasteiger partial charge in [-0.05, 0) is 18.9 Å². The van der Waals surface area contributed by atoms with Crippen LogP contribution in [0.2, 0.25) is 0 Å². The summed E-state index contributed by atoms with van der Waals surface area (Å²) < 4.78 is 0. The maximum absolute atomic E-state index is 11.7. The topological polar surface area (TPSA) is 110 Å². The van der Waals surface area contributed by atoms with E-state index in [-0.39, 0.29) is 17.3 Å². The Morgan fingerprint density at radius 3 is 2.65 bits per heavy atom. The third kappa shape index (κ3) is 3.92. The highest BCUT2D eigenvalue weighted by molar-refractivity contribution is 6.00. The number of carbonyl (C=O) groups is 1. The summed E-state index contributed by atoms with van der Waals surface area (Å²) in [4.78, 5) is 22.0. The highest BCUT2D eigenvalue weighted by Crippen LogP contribution is 2.24. The second kappa shape index (κ2) is 7.44. The van der Waals surface area contributed by atoms with Gasteiger partial charge < -0.3 is 5.32 Å². The molecule has 0 bridgehead atoms. The quantitative estimate of drug-likeness (QED) is 0.307. The lowest BCUT2D eigenvalue weighted by molar-refractivity contribution is -0.384. The van der Waals surface area contributed by atoms with Gasteiger partial charge in [0.25, 0.3) is 11.6 Å². The first kappa shape index (κ1) is 15.9.